The van der Waals surface area contributed by atoms with Gasteiger partial charge in [-0.2, -0.15) is 13.2 Å². The van der Waals surface area contributed by atoms with Gasteiger partial charge in [-0.05, 0) is 54.2 Å². The summed E-state index contributed by atoms with van der Waals surface area (Å²) in [6, 6.07) is 7.26. The number of rotatable bonds is 8. The molecule has 0 saturated carbocycles. The Morgan fingerprint density at radius 1 is 1.22 bits per heavy atom. The van der Waals surface area contributed by atoms with Gasteiger partial charge in [0.2, 0.25) is 15.9 Å². The maximum Gasteiger partial charge on any atom is 0.433 e. The highest BCUT2D eigenvalue weighted by molar-refractivity contribution is 7.92. The molecule has 0 saturated heterocycles. The molecule has 1 unspecified atom stereocenters. The molecule has 0 fully saturated rings. The molecular weight excluding hydrogens is 443 g/mol. The topological polar surface area (TPSA) is 88.2 Å². The molecule has 6 nitrogen and oxygen atoms in total. The number of carbonyl (C=O) groups excluding carboxylic acids is 1. The number of benzene rings is 1. The molecule has 0 aliphatic heterocycles. The van der Waals surface area contributed by atoms with Crippen LogP contribution in [0.5, 0.6) is 0 Å². The van der Waals surface area contributed by atoms with Crippen molar-refractivity contribution in [1.82, 2.24) is 10.3 Å². The first-order valence-electron chi connectivity index (χ1n) is 9.91. The minimum atomic E-state index is -4.54. The van der Waals surface area contributed by atoms with Gasteiger partial charge < -0.3 is 5.32 Å². The second-order valence-electron chi connectivity index (χ2n) is 7.55. The summed E-state index contributed by atoms with van der Waals surface area (Å²) in [6.07, 6.45) is -0.167. The molecule has 0 radical (unpaired) electrons. The van der Waals surface area contributed by atoms with Crippen molar-refractivity contribution < 1.29 is 26.4 Å². The zero-order valence-corrected chi connectivity index (χ0v) is 19.1. The molecule has 10 heteroatoms. The van der Waals surface area contributed by atoms with Crippen LogP contribution in [0.15, 0.2) is 36.4 Å². The fourth-order valence-electron chi connectivity index (χ4n) is 2.94. The lowest BCUT2D eigenvalue weighted by molar-refractivity contribution is -0.141. The number of nitrogens with one attached hydrogen (secondary N) is 2. The van der Waals surface area contributed by atoms with E-state index in [0.29, 0.717) is 23.2 Å². The molecule has 174 valence electrons. The van der Waals surface area contributed by atoms with E-state index in [1.54, 1.807) is 32.0 Å². The van der Waals surface area contributed by atoms with Gasteiger partial charge in [-0.1, -0.05) is 32.0 Å². The van der Waals surface area contributed by atoms with Gasteiger partial charge in [-0.25, -0.2) is 13.4 Å². The summed E-state index contributed by atoms with van der Waals surface area (Å²) in [5.74, 6) is -0.627. The zero-order chi connectivity index (χ0) is 24.1. The second-order valence-corrected chi connectivity index (χ2v) is 9.30. The van der Waals surface area contributed by atoms with Crippen molar-refractivity contribution in [3.63, 3.8) is 0 Å². The molecule has 0 spiro atoms. The second kappa shape index (κ2) is 10.2. The summed E-state index contributed by atoms with van der Waals surface area (Å²) in [4.78, 5) is 16.0. The largest absolute Gasteiger partial charge is 0.433 e. The van der Waals surface area contributed by atoms with E-state index >= 15 is 0 Å². The minimum absolute atomic E-state index is 0.201. The molecule has 1 amide bonds. The van der Waals surface area contributed by atoms with Crippen LogP contribution in [0, 0.1) is 6.92 Å². The van der Waals surface area contributed by atoms with Crippen molar-refractivity contribution in [1.29, 1.82) is 0 Å². The minimum Gasteiger partial charge on any atom is -0.348 e. The van der Waals surface area contributed by atoms with Crippen LogP contribution < -0.4 is 10.0 Å². The van der Waals surface area contributed by atoms with E-state index in [9.17, 15) is 26.4 Å². The zero-order valence-electron chi connectivity index (χ0n) is 18.2. The smallest absolute Gasteiger partial charge is 0.348 e. The molecule has 2 N–H and O–H groups in total. The van der Waals surface area contributed by atoms with Crippen molar-refractivity contribution in [2.75, 3.05) is 11.0 Å². The number of nitrogens with zero attached hydrogens (tertiary/aromatic N) is 1. The lowest BCUT2D eigenvalue weighted by atomic mass is 9.98. The van der Waals surface area contributed by atoms with Gasteiger partial charge in [0.15, 0.2) is 0 Å². The lowest BCUT2D eigenvalue weighted by Gasteiger charge is -2.15. The lowest BCUT2D eigenvalue weighted by Crippen LogP contribution is -2.20. The molecule has 1 aromatic heterocycles. The van der Waals surface area contributed by atoms with Gasteiger partial charge in [0, 0.05) is 12.6 Å². The van der Waals surface area contributed by atoms with Crippen molar-refractivity contribution in [2.45, 2.75) is 45.8 Å². The molecule has 0 bridgehead atoms. The summed E-state index contributed by atoms with van der Waals surface area (Å²) in [6.45, 7) is 5.58. The Bertz CT molecular complexity index is 1110. The summed E-state index contributed by atoms with van der Waals surface area (Å²) >= 11 is 0. The molecule has 1 aromatic carbocycles. The Labute approximate surface area is 186 Å². The predicted octanol–water partition coefficient (Wildman–Crippen LogP) is 4.62. The number of carbonyl (C=O) groups is 1. The van der Waals surface area contributed by atoms with Crippen LogP contribution >= 0.6 is 0 Å². The molecule has 2 rings (SSSR count). The number of sulfonamides is 1. The maximum absolute atomic E-state index is 13.0. The van der Waals surface area contributed by atoms with Crippen LogP contribution in [0.3, 0.4) is 0 Å². The summed E-state index contributed by atoms with van der Waals surface area (Å²) in [7, 11) is -3.39. The van der Waals surface area contributed by atoms with E-state index < -0.39 is 27.8 Å². The van der Waals surface area contributed by atoms with Crippen LogP contribution in [0.1, 0.15) is 54.3 Å². The number of aryl methyl sites for hydroxylation is 1. The van der Waals surface area contributed by atoms with E-state index in [1.165, 1.54) is 18.2 Å². The highest BCUT2D eigenvalue weighted by Gasteiger charge is 2.33. The van der Waals surface area contributed by atoms with Crippen molar-refractivity contribution in [3.05, 3.63) is 64.5 Å². The Hall–Kier alpha value is -2.88. The normalized spacial score (nSPS) is 13.2. The van der Waals surface area contributed by atoms with E-state index in [1.807, 2.05) is 6.92 Å². The Morgan fingerprint density at radius 2 is 1.91 bits per heavy atom. The van der Waals surface area contributed by atoms with Crippen LogP contribution in [0.2, 0.25) is 0 Å². The van der Waals surface area contributed by atoms with Gasteiger partial charge in [-0.3, -0.25) is 9.52 Å². The Morgan fingerprint density at radius 3 is 2.47 bits per heavy atom. The molecule has 1 atom stereocenters. The van der Waals surface area contributed by atoms with Gasteiger partial charge in [0.1, 0.15) is 5.69 Å². The third kappa shape index (κ3) is 7.37. The van der Waals surface area contributed by atoms with E-state index in [-0.39, 0.29) is 18.2 Å². The van der Waals surface area contributed by atoms with Crippen molar-refractivity contribution in [3.8, 4) is 0 Å². The number of amides is 1. The van der Waals surface area contributed by atoms with E-state index in [0.717, 1.165) is 17.9 Å². The monoisotopic (exact) mass is 469 g/mol. The third-order valence-corrected chi connectivity index (χ3v) is 5.38. The first-order chi connectivity index (χ1) is 14.8. The van der Waals surface area contributed by atoms with Crippen LogP contribution in [-0.4, -0.2) is 25.6 Å². The maximum atomic E-state index is 13.0. The van der Waals surface area contributed by atoms with Crippen molar-refractivity contribution >= 4 is 27.7 Å². The fourth-order valence-corrected chi connectivity index (χ4v) is 3.56. The van der Waals surface area contributed by atoms with E-state index in [4.69, 9.17) is 0 Å². The Kier molecular flexibility index (Phi) is 8.06. The molecule has 0 aliphatic rings. The predicted molar refractivity (Wildman–Crippen MR) is 118 cm³/mol. The standard InChI is InChI=1S/C22H26F3N3O3S/c1-5-14(2)21-17(7-10-19(27-21)22(23,24)25)8-11-20(29)26-13-16-6-9-18(15(3)12-16)28-32(4,30)31/h6-12,14,28H,5,13H2,1-4H3,(H,26,29). The molecule has 1 heterocycles. The average molecular weight is 470 g/mol. The first kappa shape index (κ1) is 25.4. The van der Waals surface area contributed by atoms with Gasteiger partial charge in [-0.15, -0.1) is 0 Å². The number of aromatic nitrogens is 1. The molecule has 0 aliphatic carbocycles. The SMILES string of the molecule is CCC(C)c1nc(C(F)(F)F)ccc1C=CC(=O)NCc1ccc(NS(C)(=O)=O)c(C)c1. The van der Waals surface area contributed by atoms with E-state index in [2.05, 4.69) is 15.0 Å². The van der Waals surface area contributed by atoms with Gasteiger partial charge >= 0.3 is 6.18 Å². The number of halogens is 3. The highest BCUT2D eigenvalue weighted by Crippen LogP contribution is 2.31. The summed E-state index contributed by atoms with van der Waals surface area (Å²) in [5.41, 5.74) is 1.70. The van der Waals surface area contributed by atoms with Crippen molar-refractivity contribution in [2.24, 2.45) is 0 Å². The Balaban J connectivity index is 2.10. The third-order valence-electron chi connectivity index (χ3n) is 4.79. The first-order valence-corrected chi connectivity index (χ1v) is 11.8. The average Bonchev–Trinajstić information content (AvgIpc) is 2.70. The fraction of sp³-hybridized carbons (Fsp3) is 0.364. The van der Waals surface area contributed by atoms with Gasteiger partial charge in [0.25, 0.3) is 0 Å². The van der Waals surface area contributed by atoms with Crippen LogP contribution in [-0.2, 0) is 27.5 Å². The number of alkyl halides is 3. The quantitative estimate of drug-likeness (QED) is 0.552. The summed E-state index contributed by atoms with van der Waals surface area (Å²) in [5, 5.41) is 2.70. The molecule has 32 heavy (non-hydrogen) atoms. The number of pyridine rings is 1. The molecule has 2 aromatic rings. The number of hydrogen-bond acceptors (Lipinski definition) is 4. The number of anilines is 1. The molecular formula is C22H26F3N3O3S. The highest BCUT2D eigenvalue weighted by atomic mass is 32.2. The van der Waals surface area contributed by atoms with Crippen LogP contribution in [0.25, 0.3) is 6.08 Å². The van der Waals surface area contributed by atoms with Gasteiger partial charge in [0.05, 0.1) is 17.6 Å². The number of hydrogen-bond donors (Lipinski definition) is 2. The summed E-state index contributed by atoms with van der Waals surface area (Å²) < 4.78 is 64.1. The van der Waals surface area contributed by atoms with Crippen LogP contribution in [0.4, 0.5) is 18.9 Å².